The number of hydrogen-bond acceptors (Lipinski definition) is 5. The number of thiophene rings is 1. The Morgan fingerprint density at radius 2 is 2.37 bits per heavy atom. The molecule has 100 valence electrons. The van der Waals surface area contributed by atoms with E-state index < -0.39 is 0 Å². The second-order valence-electron chi connectivity index (χ2n) is 4.63. The zero-order valence-electron chi connectivity index (χ0n) is 10.7. The Bertz CT molecular complexity index is 586. The Labute approximate surface area is 115 Å². The standard InChI is InChI=1S/C13H15N3O2S/c1-2-11(17)14-7-9-5-6-10(19-9)12-15-13(18-16-12)8-3-4-8/h5-6,8H,2-4,7H2,1H3,(H,14,17). The number of nitrogens with one attached hydrogen (secondary N) is 1. The highest BCUT2D eigenvalue weighted by Gasteiger charge is 2.29. The first-order chi connectivity index (χ1) is 9.26. The monoisotopic (exact) mass is 277 g/mol. The molecule has 3 rings (SSSR count). The van der Waals surface area contributed by atoms with Crippen molar-refractivity contribution in [2.24, 2.45) is 0 Å². The van der Waals surface area contributed by atoms with Gasteiger partial charge in [-0.25, -0.2) is 0 Å². The maximum Gasteiger partial charge on any atom is 0.230 e. The molecular formula is C13H15N3O2S. The van der Waals surface area contributed by atoms with Crippen LogP contribution in [0.25, 0.3) is 10.7 Å². The van der Waals surface area contributed by atoms with E-state index in [2.05, 4.69) is 15.5 Å². The summed E-state index contributed by atoms with van der Waals surface area (Å²) in [6.07, 6.45) is 2.81. The molecule has 1 N–H and O–H groups in total. The van der Waals surface area contributed by atoms with Crippen LogP contribution in [0.3, 0.4) is 0 Å². The lowest BCUT2D eigenvalue weighted by Gasteiger charge is -1.99. The van der Waals surface area contributed by atoms with Gasteiger partial charge in [-0.15, -0.1) is 11.3 Å². The minimum Gasteiger partial charge on any atom is -0.351 e. The number of hydrogen-bond donors (Lipinski definition) is 1. The van der Waals surface area contributed by atoms with Gasteiger partial charge in [0, 0.05) is 17.2 Å². The first kappa shape index (κ1) is 12.3. The Kier molecular flexibility index (Phi) is 3.33. The predicted octanol–water partition coefficient (Wildman–Crippen LogP) is 2.70. The van der Waals surface area contributed by atoms with Crippen LogP contribution in [0.15, 0.2) is 16.7 Å². The van der Waals surface area contributed by atoms with Gasteiger partial charge in [-0.1, -0.05) is 12.1 Å². The van der Waals surface area contributed by atoms with Crippen LogP contribution in [0.4, 0.5) is 0 Å². The van der Waals surface area contributed by atoms with Crippen molar-refractivity contribution in [2.45, 2.75) is 38.6 Å². The van der Waals surface area contributed by atoms with Gasteiger partial charge < -0.3 is 9.84 Å². The minimum atomic E-state index is 0.0607. The van der Waals surface area contributed by atoms with Crippen molar-refractivity contribution in [2.75, 3.05) is 0 Å². The zero-order valence-corrected chi connectivity index (χ0v) is 11.5. The Hall–Kier alpha value is -1.69. The Balaban J connectivity index is 1.67. The van der Waals surface area contributed by atoms with Crippen molar-refractivity contribution in [3.8, 4) is 10.7 Å². The molecule has 0 aromatic carbocycles. The van der Waals surface area contributed by atoms with Gasteiger partial charge in [-0.05, 0) is 25.0 Å². The van der Waals surface area contributed by atoms with E-state index in [4.69, 9.17) is 4.52 Å². The summed E-state index contributed by atoms with van der Waals surface area (Å²) >= 11 is 1.58. The molecule has 2 heterocycles. The van der Waals surface area contributed by atoms with E-state index in [0.717, 1.165) is 28.5 Å². The molecule has 1 fully saturated rings. The van der Waals surface area contributed by atoms with Gasteiger partial charge in [0.1, 0.15) is 0 Å². The maximum absolute atomic E-state index is 11.2. The van der Waals surface area contributed by atoms with Gasteiger partial charge in [0.15, 0.2) is 0 Å². The van der Waals surface area contributed by atoms with Gasteiger partial charge in [-0.2, -0.15) is 4.98 Å². The molecule has 1 aliphatic rings. The van der Waals surface area contributed by atoms with Crippen LogP contribution in [0, 0.1) is 0 Å². The van der Waals surface area contributed by atoms with Gasteiger partial charge in [0.2, 0.25) is 17.6 Å². The highest BCUT2D eigenvalue weighted by Crippen LogP contribution is 2.39. The molecule has 1 amide bonds. The molecule has 0 saturated heterocycles. The third-order valence-electron chi connectivity index (χ3n) is 3.03. The molecular weight excluding hydrogens is 262 g/mol. The van der Waals surface area contributed by atoms with E-state index in [1.54, 1.807) is 11.3 Å². The second kappa shape index (κ2) is 5.13. The van der Waals surface area contributed by atoms with Crippen LogP contribution in [-0.2, 0) is 11.3 Å². The molecule has 6 heteroatoms. The molecule has 0 radical (unpaired) electrons. The van der Waals surface area contributed by atoms with Gasteiger partial charge in [0.25, 0.3) is 0 Å². The summed E-state index contributed by atoms with van der Waals surface area (Å²) in [5.74, 6) is 1.94. The predicted molar refractivity (Wildman–Crippen MR) is 71.7 cm³/mol. The van der Waals surface area contributed by atoms with Gasteiger partial charge in [-0.3, -0.25) is 4.79 Å². The fourth-order valence-electron chi connectivity index (χ4n) is 1.74. The number of rotatable bonds is 5. The van der Waals surface area contributed by atoms with E-state index in [-0.39, 0.29) is 5.91 Å². The largest absolute Gasteiger partial charge is 0.351 e. The van der Waals surface area contributed by atoms with E-state index in [1.165, 1.54) is 0 Å². The number of carbonyl (C=O) groups excluding carboxylic acids is 1. The van der Waals surface area contributed by atoms with E-state index in [1.807, 2.05) is 19.1 Å². The summed E-state index contributed by atoms with van der Waals surface area (Å²) in [6.45, 7) is 2.40. The molecule has 19 heavy (non-hydrogen) atoms. The lowest BCUT2D eigenvalue weighted by atomic mass is 10.4. The summed E-state index contributed by atoms with van der Waals surface area (Å²) < 4.78 is 5.24. The highest BCUT2D eigenvalue weighted by atomic mass is 32.1. The third kappa shape index (κ3) is 2.84. The smallest absolute Gasteiger partial charge is 0.230 e. The van der Waals surface area contributed by atoms with Crippen LogP contribution in [-0.4, -0.2) is 16.0 Å². The van der Waals surface area contributed by atoms with Gasteiger partial charge >= 0.3 is 0 Å². The van der Waals surface area contributed by atoms with Crippen molar-refractivity contribution in [3.63, 3.8) is 0 Å². The number of nitrogens with zero attached hydrogens (tertiary/aromatic N) is 2. The van der Waals surface area contributed by atoms with Crippen molar-refractivity contribution < 1.29 is 9.32 Å². The molecule has 1 aliphatic carbocycles. The number of aromatic nitrogens is 2. The van der Waals surface area contributed by atoms with Crippen LogP contribution < -0.4 is 5.32 Å². The summed E-state index contributed by atoms with van der Waals surface area (Å²) in [4.78, 5) is 17.7. The molecule has 0 aliphatic heterocycles. The fourth-order valence-corrected chi connectivity index (χ4v) is 2.61. The first-order valence-electron chi connectivity index (χ1n) is 6.45. The van der Waals surface area contributed by atoms with Crippen molar-refractivity contribution in [3.05, 3.63) is 22.9 Å². The van der Waals surface area contributed by atoms with Crippen molar-refractivity contribution in [1.29, 1.82) is 0 Å². The number of carbonyl (C=O) groups is 1. The topological polar surface area (TPSA) is 68.0 Å². The average molecular weight is 277 g/mol. The molecule has 2 aromatic rings. The normalized spacial score (nSPS) is 14.6. The molecule has 0 spiro atoms. The van der Waals surface area contributed by atoms with Crippen molar-refractivity contribution >= 4 is 17.2 Å². The van der Waals surface area contributed by atoms with Gasteiger partial charge in [0.05, 0.1) is 11.4 Å². The second-order valence-corrected chi connectivity index (χ2v) is 5.80. The fraction of sp³-hybridized carbons (Fsp3) is 0.462. The molecule has 5 nitrogen and oxygen atoms in total. The minimum absolute atomic E-state index is 0.0607. The van der Waals surface area contributed by atoms with Crippen molar-refractivity contribution in [1.82, 2.24) is 15.5 Å². The molecule has 0 atom stereocenters. The number of amides is 1. The van der Waals surface area contributed by atoms with Crippen LogP contribution in [0.1, 0.15) is 42.9 Å². The molecule has 2 aromatic heterocycles. The first-order valence-corrected chi connectivity index (χ1v) is 7.27. The third-order valence-corrected chi connectivity index (χ3v) is 4.11. The zero-order chi connectivity index (χ0) is 13.2. The van der Waals surface area contributed by atoms with E-state index in [0.29, 0.717) is 24.7 Å². The quantitative estimate of drug-likeness (QED) is 0.912. The van der Waals surface area contributed by atoms with Crippen LogP contribution in [0.2, 0.25) is 0 Å². The molecule has 0 bridgehead atoms. The van der Waals surface area contributed by atoms with E-state index in [9.17, 15) is 4.79 Å². The Morgan fingerprint density at radius 1 is 1.53 bits per heavy atom. The Morgan fingerprint density at radius 3 is 3.11 bits per heavy atom. The lowest BCUT2D eigenvalue weighted by Crippen LogP contribution is -2.20. The van der Waals surface area contributed by atoms with E-state index >= 15 is 0 Å². The SMILES string of the molecule is CCC(=O)NCc1ccc(-c2noc(C3CC3)n2)s1. The molecule has 0 unspecified atom stereocenters. The van der Waals surface area contributed by atoms with Crippen LogP contribution >= 0.6 is 11.3 Å². The summed E-state index contributed by atoms with van der Waals surface area (Å²) in [5, 5.41) is 6.86. The highest BCUT2D eigenvalue weighted by molar-refractivity contribution is 7.15. The summed E-state index contributed by atoms with van der Waals surface area (Å²) in [5.41, 5.74) is 0. The maximum atomic E-state index is 11.2. The summed E-state index contributed by atoms with van der Waals surface area (Å²) in [6, 6.07) is 3.96. The average Bonchev–Trinajstić information content (AvgIpc) is 2.98. The lowest BCUT2D eigenvalue weighted by molar-refractivity contribution is -0.120. The molecule has 1 saturated carbocycles. The van der Waals surface area contributed by atoms with Crippen LogP contribution in [0.5, 0.6) is 0 Å². The summed E-state index contributed by atoms with van der Waals surface area (Å²) in [7, 11) is 0.